The molecule has 0 radical (unpaired) electrons. The number of carbonyl (C=O) groups is 2. The Morgan fingerprint density at radius 3 is 2.41 bits per heavy atom. The lowest BCUT2D eigenvalue weighted by atomic mass is 10.2. The first-order valence-corrected chi connectivity index (χ1v) is 6.89. The van der Waals surface area contributed by atoms with Gasteiger partial charge in [-0.15, -0.1) is 0 Å². The number of pyridine rings is 1. The third-order valence-corrected chi connectivity index (χ3v) is 3.06. The largest absolute Gasteiger partial charge is 0.481 e. The number of nitrogens with two attached hydrogens (primary N) is 1. The quantitative estimate of drug-likeness (QED) is 0.799. The lowest BCUT2D eigenvalue weighted by molar-refractivity contribution is -0.137. The second-order valence-electron chi connectivity index (χ2n) is 4.76. The molecule has 0 aliphatic rings. The average molecular weight is 299 g/mol. The molecule has 0 spiro atoms. The molecule has 2 aromatic rings. The Morgan fingerprint density at radius 1 is 1.09 bits per heavy atom. The number of hydrogen-bond donors (Lipinski definition) is 2. The van der Waals surface area contributed by atoms with Gasteiger partial charge in [0, 0.05) is 24.7 Å². The summed E-state index contributed by atoms with van der Waals surface area (Å²) >= 11 is 0. The average Bonchev–Trinajstić information content (AvgIpc) is 2.50. The van der Waals surface area contributed by atoms with Gasteiger partial charge in [-0.3, -0.25) is 14.5 Å². The van der Waals surface area contributed by atoms with Crippen molar-refractivity contribution in [2.45, 2.75) is 19.3 Å². The zero-order valence-electron chi connectivity index (χ0n) is 12.0. The molecule has 0 unspecified atom stereocenters. The molecule has 0 aliphatic heterocycles. The molecule has 6 heteroatoms. The number of amides is 1. The van der Waals surface area contributed by atoms with E-state index in [2.05, 4.69) is 4.98 Å². The van der Waals surface area contributed by atoms with E-state index in [1.165, 1.54) is 4.90 Å². The highest BCUT2D eigenvalue weighted by Crippen LogP contribution is 2.25. The fraction of sp³-hybridized carbons (Fsp3) is 0.188. The topological polar surface area (TPSA) is 96.5 Å². The zero-order valence-corrected chi connectivity index (χ0v) is 12.0. The highest BCUT2D eigenvalue weighted by molar-refractivity contribution is 5.99. The van der Waals surface area contributed by atoms with Crippen molar-refractivity contribution in [3.05, 3.63) is 48.7 Å². The Kier molecular flexibility index (Phi) is 5.08. The van der Waals surface area contributed by atoms with Crippen LogP contribution in [-0.2, 0) is 9.59 Å². The van der Waals surface area contributed by atoms with Crippen LogP contribution < -0.4 is 10.6 Å². The first-order valence-electron chi connectivity index (χ1n) is 6.89. The summed E-state index contributed by atoms with van der Waals surface area (Å²) in [6, 6.07) is 12.2. The highest BCUT2D eigenvalue weighted by Gasteiger charge is 2.18. The molecule has 2 rings (SSSR count). The van der Waals surface area contributed by atoms with Crippen molar-refractivity contribution < 1.29 is 14.7 Å². The molecule has 0 saturated heterocycles. The fourth-order valence-corrected chi connectivity index (χ4v) is 2.02. The van der Waals surface area contributed by atoms with Crippen molar-refractivity contribution in [3.8, 4) is 0 Å². The van der Waals surface area contributed by atoms with Crippen LogP contribution in [0.4, 0.5) is 17.2 Å². The summed E-state index contributed by atoms with van der Waals surface area (Å²) in [4.78, 5) is 28.7. The zero-order chi connectivity index (χ0) is 15.9. The van der Waals surface area contributed by atoms with E-state index < -0.39 is 5.97 Å². The maximum absolute atomic E-state index is 12.5. The minimum absolute atomic E-state index is 0.0382. The first-order chi connectivity index (χ1) is 10.6. The van der Waals surface area contributed by atoms with Gasteiger partial charge in [-0.05, 0) is 42.8 Å². The van der Waals surface area contributed by atoms with Crippen LogP contribution in [0.5, 0.6) is 0 Å². The molecule has 0 aliphatic carbocycles. The molecular weight excluding hydrogens is 282 g/mol. The summed E-state index contributed by atoms with van der Waals surface area (Å²) in [6.45, 7) is 0. The van der Waals surface area contributed by atoms with Gasteiger partial charge < -0.3 is 10.8 Å². The molecule has 0 fully saturated rings. The van der Waals surface area contributed by atoms with Crippen molar-refractivity contribution in [2.75, 3.05) is 10.6 Å². The van der Waals surface area contributed by atoms with E-state index in [0.29, 0.717) is 17.2 Å². The molecule has 22 heavy (non-hydrogen) atoms. The molecule has 1 aromatic carbocycles. The van der Waals surface area contributed by atoms with Crippen LogP contribution in [0.15, 0.2) is 48.7 Å². The number of benzene rings is 1. The fourth-order valence-electron chi connectivity index (χ4n) is 2.02. The Morgan fingerprint density at radius 2 is 1.82 bits per heavy atom. The molecule has 1 amide bonds. The van der Waals surface area contributed by atoms with Gasteiger partial charge in [-0.2, -0.15) is 0 Å². The second-order valence-corrected chi connectivity index (χ2v) is 4.76. The maximum Gasteiger partial charge on any atom is 0.303 e. The number of anilines is 3. The summed E-state index contributed by atoms with van der Waals surface area (Å²) in [5.74, 6) is -0.623. The van der Waals surface area contributed by atoms with E-state index in [4.69, 9.17) is 10.8 Å². The van der Waals surface area contributed by atoms with E-state index in [1.54, 1.807) is 48.7 Å². The van der Waals surface area contributed by atoms with Crippen LogP contribution in [0.25, 0.3) is 0 Å². The summed E-state index contributed by atoms with van der Waals surface area (Å²) < 4.78 is 0. The third kappa shape index (κ3) is 4.05. The van der Waals surface area contributed by atoms with Crippen molar-refractivity contribution in [2.24, 2.45) is 0 Å². The molecular formula is C16H17N3O3. The predicted octanol–water partition coefficient (Wildman–Crippen LogP) is 2.58. The smallest absolute Gasteiger partial charge is 0.303 e. The van der Waals surface area contributed by atoms with Crippen molar-refractivity contribution in [3.63, 3.8) is 0 Å². The second kappa shape index (κ2) is 7.21. The van der Waals surface area contributed by atoms with Crippen LogP contribution >= 0.6 is 0 Å². The number of hydrogen-bond acceptors (Lipinski definition) is 4. The Labute approximate surface area is 128 Å². The van der Waals surface area contributed by atoms with Gasteiger partial charge in [0.1, 0.15) is 5.82 Å². The minimum Gasteiger partial charge on any atom is -0.481 e. The maximum atomic E-state index is 12.5. The predicted molar refractivity (Wildman–Crippen MR) is 83.7 cm³/mol. The number of carboxylic acids is 1. The molecule has 1 heterocycles. The van der Waals surface area contributed by atoms with Gasteiger partial charge in [0.2, 0.25) is 5.91 Å². The SMILES string of the molecule is Nc1ccc(N(C(=O)CCCC(=O)O)c2ccccn2)cc1. The lowest BCUT2D eigenvalue weighted by Crippen LogP contribution is -2.26. The summed E-state index contributed by atoms with van der Waals surface area (Å²) in [7, 11) is 0. The van der Waals surface area contributed by atoms with E-state index in [0.717, 1.165) is 0 Å². The summed E-state index contributed by atoms with van der Waals surface area (Å²) in [5.41, 5.74) is 6.92. The molecule has 6 nitrogen and oxygen atoms in total. The van der Waals surface area contributed by atoms with E-state index in [9.17, 15) is 9.59 Å². The standard InChI is InChI=1S/C16H17N3O3/c17-12-7-9-13(10-8-12)19(14-4-1-2-11-18-14)15(20)5-3-6-16(21)22/h1-2,4,7-11H,3,5-6,17H2,(H,21,22). The third-order valence-electron chi connectivity index (χ3n) is 3.06. The monoisotopic (exact) mass is 299 g/mol. The van der Waals surface area contributed by atoms with Gasteiger partial charge in [-0.1, -0.05) is 6.07 Å². The van der Waals surface area contributed by atoms with Crippen LogP contribution in [0.2, 0.25) is 0 Å². The van der Waals surface area contributed by atoms with E-state index in [-0.39, 0.29) is 25.2 Å². The summed E-state index contributed by atoms with van der Waals surface area (Å²) in [6.07, 6.45) is 1.98. The number of carboxylic acid groups (broad SMARTS) is 1. The van der Waals surface area contributed by atoms with Crippen molar-refractivity contribution >= 4 is 29.1 Å². The molecule has 1 aromatic heterocycles. The van der Waals surface area contributed by atoms with Crippen LogP contribution in [-0.4, -0.2) is 22.0 Å². The number of nitrogen functional groups attached to an aromatic ring is 1. The number of rotatable bonds is 6. The lowest BCUT2D eigenvalue weighted by Gasteiger charge is -2.22. The van der Waals surface area contributed by atoms with Crippen molar-refractivity contribution in [1.29, 1.82) is 0 Å². The van der Waals surface area contributed by atoms with Gasteiger partial charge >= 0.3 is 5.97 Å². The van der Waals surface area contributed by atoms with Crippen molar-refractivity contribution in [1.82, 2.24) is 4.98 Å². The summed E-state index contributed by atoms with van der Waals surface area (Å²) in [5, 5.41) is 8.68. The minimum atomic E-state index is -0.912. The number of carbonyl (C=O) groups excluding carboxylic acids is 1. The van der Waals surface area contributed by atoms with E-state index >= 15 is 0 Å². The Hall–Kier alpha value is -2.89. The highest BCUT2D eigenvalue weighted by atomic mass is 16.4. The molecule has 0 atom stereocenters. The van der Waals surface area contributed by atoms with E-state index in [1.807, 2.05) is 0 Å². The number of aromatic nitrogens is 1. The molecule has 0 bridgehead atoms. The van der Waals surface area contributed by atoms with Crippen LogP contribution in [0.3, 0.4) is 0 Å². The Balaban J connectivity index is 2.24. The first kappa shape index (κ1) is 15.5. The molecule has 114 valence electrons. The normalized spacial score (nSPS) is 10.2. The Bertz CT molecular complexity index is 641. The van der Waals surface area contributed by atoms with Crippen LogP contribution in [0.1, 0.15) is 19.3 Å². The number of aliphatic carboxylic acids is 1. The van der Waals surface area contributed by atoms with Crippen LogP contribution in [0, 0.1) is 0 Å². The molecule has 3 N–H and O–H groups in total. The molecule has 0 saturated carbocycles. The van der Waals surface area contributed by atoms with Gasteiger partial charge in [0.25, 0.3) is 0 Å². The van der Waals surface area contributed by atoms with Gasteiger partial charge in [0.05, 0.1) is 5.69 Å². The van der Waals surface area contributed by atoms with Gasteiger partial charge in [0.15, 0.2) is 0 Å². The number of nitrogens with zero attached hydrogens (tertiary/aromatic N) is 2. The van der Waals surface area contributed by atoms with Gasteiger partial charge in [-0.25, -0.2) is 4.98 Å².